The first-order valence-corrected chi connectivity index (χ1v) is 6.37. The minimum Gasteiger partial charge on any atom is -0.497 e. The van der Waals surface area contributed by atoms with Crippen LogP contribution in [0.2, 0.25) is 0 Å². The van der Waals surface area contributed by atoms with Crippen molar-refractivity contribution in [3.63, 3.8) is 0 Å². The van der Waals surface area contributed by atoms with E-state index in [4.69, 9.17) is 9.47 Å². The Labute approximate surface area is 102 Å². The second kappa shape index (κ2) is 4.67. The maximum absolute atomic E-state index is 5.41. The Balaban J connectivity index is 1.76. The molecule has 2 atom stereocenters. The molecular formula is C14H19NO2. The number of nitrogens with one attached hydrogen (secondary N) is 1. The van der Waals surface area contributed by atoms with Gasteiger partial charge in [0.05, 0.1) is 13.7 Å². The molecular weight excluding hydrogens is 214 g/mol. The largest absolute Gasteiger partial charge is 0.497 e. The molecule has 0 bridgehead atoms. The monoisotopic (exact) mass is 233 g/mol. The number of rotatable bonds is 3. The van der Waals surface area contributed by atoms with Crippen molar-refractivity contribution in [1.82, 2.24) is 5.32 Å². The highest BCUT2D eigenvalue weighted by atomic mass is 16.5. The van der Waals surface area contributed by atoms with Crippen LogP contribution in [0, 0.1) is 0 Å². The lowest BCUT2D eigenvalue weighted by Crippen LogP contribution is -2.32. The van der Waals surface area contributed by atoms with Crippen molar-refractivity contribution in [3.05, 3.63) is 29.3 Å². The van der Waals surface area contributed by atoms with Gasteiger partial charge >= 0.3 is 0 Å². The lowest BCUT2D eigenvalue weighted by Gasteiger charge is -2.19. The van der Waals surface area contributed by atoms with Crippen molar-refractivity contribution in [2.24, 2.45) is 0 Å². The molecule has 2 unspecified atom stereocenters. The lowest BCUT2D eigenvalue weighted by atomic mass is 10.1. The number of hydrogen-bond donors (Lipinski definition) is 1. The smallest absolute Gasteiger partial charge is 0.119 e. The Morgan fingerprint density at radius 1 is 1.35 bits per heavy atom. The molecule has 0 radical (unpaired) electrons. The summed E-state index contributed by atoms with van der Waals surface area (Å²) in [4.78, 5) is 0. The van der Waals surface area contributed by atoms with E-state index in [2.05, 4.69) is 23.5 Å². The first kappa shape index (κ1) is 11.1. The fourth-order valence-electron chi connectivity index (χ4n) is 2.83. The van der Waals surface area contributed by atoms with Crippen LogP contribution in [0.1, 0.15) is 30.0 Å². The molecule has 0 spiro atoms. The molecule has 1 aliphatic heterocycles. The summed E-state index contributed by atoms with van der Waals surface area (Å²) in [5, 5.41) is 3.70. The number of benzene rings is 1. The van der Waals surface area contributed by atoms with Crippen LogP contribution >= 0.6 is 0 Å². The molecule has 3 heteroatoms. The zero-order chi connectivity index (χ0) is 11.7. The van der Waals surface area contributed by atoms with Crippen LogP contribution < -0.4 is 10.1 Å². The van der Waals surface area contributed by atoms with E-state index in [0.29, 0.717) is 12.1 Å². The quantitative estimate of drug-likeness (QED) is 0.867. The lowest BCUT2D eigenvalue weighted by molar-refractivity contribution is 0.188. The summed E-state index contributed by atoms with van der Waals surface area (Å²) >= 11 is 0. The molecule has 3 nitrogen and oxygen atoms in total. The second-order valence-electron chi connectivity index (χ2n) is 4.88. The zero-order valence-electron chi connectivity index (χ0n) is 10.2. The average molecular weight is 233 g/mol. The molecule has 1 heterocycles. The Bertz CT molecular complexity index is 399. The molecule has 1 N–H and O–H groups in total. The van der Waals surface area contributed by atoms with Gasteiger partial charge < -0.3 is 14.8 Å². The number of hydrogen-bond acceptors (Lipinski definition) is 3. The summed E-state index contributed by atoms with van der Waals surface area (Å²) in [6, 6.07) is 7.43. The highest BCUT2D eigenvalue weighted by Gasteiger charge is 2.26. The van der Waals surface area contributed by atoms with Gasteiger partial charge in [-0.2, -0.15) is 0 Å². The van der Waals surface area contributed by atoms with E-state index in [0.717, 1.165) is 25.4 Å². The topological polar surface area (TPSA) is 30.5 Å². The van der Waals surface area contributed by atoms with Gasteiger partial charge in [-0.25, -0.2) is 0 Å². The molecule has 1 aromatic carbocycles. The summed E-state index contributed by atoms with van der Waals surface area (Å²) in [6.45, 7) is 1.76. The Kier molecular flexibility index (Phi) is 3.04. The van der Waals surface area contributed by atoms with Crippen LogP contribution in [0.25, 0.3) is 0 Å². The maximum atomic E-state index is 5.41. The summed E-state index contributed by atoms with van der Waals surface area (Å²) in [6.07, 6.45) is 3.50. The summed E-state index contributed by atoms with van der Waals surface area (Å²) in [5.41, 5.74) is 2.87. The maximum Gasteiger partial charge on any atom is 0.119 e. The van der Waals surface area contributed by atoms with Crippen LogP contribution in [0.4, 0.5) is 0 Å². The first-order chi connectivity index (χ1) is 8.36. The molecule has 1 aliphatic carbocycles. The van der Waals surface area contributed by atoms with Gasteiger partial charge in [0.1, 0.15) is 5.75 Å². The van der Waals surface area contributed by atoms with Gasteiger partial charge in [-0.3, -0.25) is 0 Å². The average Bonchev–Trinajstić information content (AvgIpc) is 2.99. The third kappa shape index (κ3) is 2.17. The van der Waals surface area contributed by atoms with Gasteiger partial charge in [0.15, 0.2) is 0 Å². The number of fused-ring (bicyclic) bond motifs is 1. The molecule has 1 saturated heterocycles. The van der Waals surface area contributed by atoms with Crippen molar-refractivity contribution < 1.29 is 9.47 Å². The van der Waals surface area contributed by atoms with Gasteiger partial charge in [0.25, 0.3) is 0 Å². The van der Waals surface area contributed by atoms with Crippen LogP contribution in [-0.4, -0.2) is 26.4 Å². The van der Waals surface area contributed by atoms with Gasteiger partial charge in [-0.1, -0.05) is 6.07 Å². The van der Waals surface area contributed by atoms with E-state index in [1.807, 2.05) is 0 Å². The molecule has 17 heavy (non-hydrogen) atoms. The third-order valence-electron chi connectivity index (χ3n) is 3.80. The fraction of sp³-hybridized carbons (Fsp3) is 0.571. The SMILES string of the molecule is COc1ccc2c(c1)C(NC1CCOC1)CC2. The molecule has 0 amide bonds. The van der Waals surface area contributed by atoms with Crippen LogP contribution in [-0.2, 0) is 11.2 Å². The van der Waals surface area contributed by atoms with Crippen LogP contribution in [0.15, 0.2) is 18.2 Å². The van der Waals surface area contributed by atoms with E-state index in [9.17, 15) is 0 Å². The Morgan fingerprint density at radius 2 is 2.29 bits per heavy atom. The van der Waals surface area contributed by atoms with Crippen molar-refractivity contribution in [1.29, 1.82) is 0 Å². The Hall–Kier alpha value is -1.06. The third-order valence-corrected chi connectivity index (χ3v) is 3.80. The van der Waals surface area contributed by atoms with E-state index in [-0.39, 0.29) is 0 Å². The Morgan fingerprint density at radius 3 is 3.06 bits per heavy atom. The highest BCUT2D eigenvalue weighted by molar-refractivity contribution is 5.40. The van der Waals surface area contributed by atoms with E-state index < -0.39 is 0 Å². The van der Waals surface area contributed by atoms with E-state index in [1.54, 1.807) is 7.11 Å². The molecule has 1 fully saturated rings. The standard InChI is InChI=1S/C14H19NO2/c1-16-12-4-2-10-3-5-14(13(10)8-12)15-11-6-7-17-9-11/h2,4,8,11,14-15H,3,5-7,9H2,1H3. The van der Waals surface area contributed by atoms with Crippen LogP contribution in [0.3, 0.4) is 0 Å². The normalized spacial score (nSPS) is 27.1. The van der Waals surface area contributed by atoms with Crippen molar-refractivity contribution >= 4 is 0 Å². The molecule has 0 saturated carbocycles. The number of aryl methyl sites for hydroxylation is 1. The minimum atomic E-state index is 0.479. The number of methoxy groups -OCH3 is 1. The van der Waals surface area contributed by atoms with Crippen LogP contribution in [0.5, 0.6) is 5.75 Å². The van der Waals surface area contributed by atoms with Gasteiger partial charge in [-0.15, -0.1) is 0 Å². The molecule has 3 rings (SSSR count). The predicted octanol–water partition coefficient (Wildman–Crippen LogP) is 2.06. The van der Waals surface area contributed by atoms with E-state index in [1.165, 1.54) is 24.0 Å². The summed E-state index contributed by atoms with van der Waals surface area (Å²) in [7, 11) is 1.73. The summed E-state index contributed by atoms with van der Waals surface area (Å²) in [5.74, 6) is 0.958. The van der Waals surface area contributed by atoms with Crippen molar-refractivity contribution in [2.45, 2.75) is 31.3 Å². The zero-order valence-corrected chi connectivity index (χ0v) is 10.2. The second-order valence-corrected chi connectivity index (χ2v) is 4.88. The predicted molar refractivity (Wildman–Crippen MR) is 66.4 cm³/mol. The van der Waals surface area contributed by atoms with Gasteiger partial charge in [0.2, 0.25) is 0 Å². The van der Waals surface area contributed by atoms with Crippen molar-refractivity contribution in [3.8, 4) is 5.75 Å². The summed E-state index contributed by atoms with van der Waals surface area (Å²) < 4.78 is 10.7. The molecule has 92 valence electrons. The van der Waals surface area contributed by atoms with Gasteiger partial charge in [-0.05, 0) is 42.5 Å². The number of ether oxygens (including phenoxy) is 2. The first-order valence-electron chi connectivity index (χ1n) is 6.37. The fourth-order valence-corrected chi connectivity index (χ4v) is 2.83. The highest BCUT2D eigenvalue weighted by Crippen LogP contribution is 2.34. The molecule has 0 aromatic heterocycles. The molecule has 2 aliphatic rings. The van der Waals surface area contributed by atoms with Gasteiger partial charge in [0, 0.05) is 18.7 Å². The minimum absolute atomic E-state index is 0.479. The van der Waals surface area contributed by atoms with E-state index >= 15 is 0 Å². The molecule has 1 aromatic rings. The van der Waals surface area contributed by atoms with Crippen molar-refractivity contribution in [2.75, 3.05) is 20.3 Å².